The Bertz CT molecular complexity index is 432. The van der Waals surface area contributed by atoms with E-state index in [0.29, 0.717) is 13.0 Å². The first-order valence-electron chi connectivity index (χ1n) is 7.68. The molecule has 3 nitrogen and oxygen atoms in total. The maximum absolute atomic E-state index is 11.1. The van der Waals surface area contributed by atoms with E-state index < -0.39 is 0 Å². The Kier molecular flexibility index (Phi) is 9.15. The van der Waals surface area contributed by atoms with Gasteiger partial charge < -0.3 is 9.47 Å². The molecule has 0 aromatic heterocycles. The van der Waals surface area contributed by atoms with E-state index in [-0.39, 0.29) is 5.97 Å². The van der Waals surface area contributed by atoms with Crippen molar-refractivity contribution in [2.45, 2.75) is 52.4 Å². The van der Waals surface area contributed by atoms with Crippen molar-refractivity contribution in [3.63, 3.8) is 0 Å². The second kappa shape index (κ2) is 10.7. The van der Waals surface area contributed by atoms with E-state index in [0.717, 1.165) is 54.5 Å². The van der Waals surface area contributed by atoms with E-state index in [1.54, 1.807) is 0 Å². The SMILES string of the molecule is CCOC(=O)CCCCCCCOc1cccc(Br)c1C. The first kappa shape index (κ1) is 18.0. The van der Waals surface area contributed by atoms with E-state index in [4.69, 9.17) is 9.47 Å². The van der Waals surface area contributed by atoms with Gasteiger partial charge in [-0.25, -0.2) is 0 Å². The molecular weight excluding hydrogens is 332 g/mol. The summed E-state index contributed by atoms with van der Waals surface area (Å²) in [7, 11) is 0. The van der Waals surface area contributed by atoms with Crippen molar-refractivity contribution < 1.29 is 14.3 Å². The van der Waals surface area contributed by atoms with E-state index in [2.05, 4.69) is 22.9 Å². The van der Waals surface area contributed by atoms with Crippen LogP contribution in [-0.2, 0) is 9.53 Å². The average Bonchev–Trinajstić information content (AvgIpc) is 2.46. The fourth-order valence-electron chi connectivity index (χ4n) is 2.06. The summed E-state index contributed by atoms with van der Waals surface area (Å²) in [4.78, 5) is 11.1. The molecule has 0 fully saturated rings. The van der Waals surface area contributed by atoms with E-state index in [1.807, 2.05) is 25.1 Å². The Morgan fingerprint density at radius 2 is 1.86 bits per heavy atom. The molecule has 1 aromatic carbocycles. The van der Waals surface area contributed by atoms with Crippen molar-refractivity contribution >= 4 is 21.9 Å². The van der Waals surface area contributed by atoms with Crippen molar-refractivity contribution in [1.82, 2.24) is 0 Å². The average molecular weight is 357 g/mol. The van der Waals surface area contributed by atoms with Gasteiger partial charge in [0.1, 0.15) is 5.75 Å². The van der Waals surface area contributed by atoms with E-state index in [1.165, 1.54) is 0 Å². The lowest BCUT2D eigenvalue weighted by atomic mass is 10.1. The number of carbonyl (C=O) groups excluding carboxylic acids is 1. The Morgan fingerprint density at radius 1 is 1.14 bits per heavy atom. The predicted octanol–water partition coefficient (Wildman–Crippen LogP) is 5.04. The minimum absolute atomic E-state index is 0.0778. The number of halogens is 1. The van der Waals surface area contributed by atoms with Crippen molar-refractivity contribution in [3.05, 3.63) is 28.2 Å². The van der Waals surface area contributed by atoms with Crippen LogP contribution in [0.2, 0.25) is 0 Å². The van der Waals surface area contributed by atoms with Gasteiger partial charge in [-0.2, -0.15) is 0 Å². The number of rotatable bonds is 10. The standard InChI is InChI=1S/C17H25BrO3/c1-3-20-17(19)12-7-5-4-6-8-13-21-16-11-9-10-15(18)14(16)2/h9-11H,3-8,12-13H2,1-2H3. The maximum Gasteiger partial charge on any atom is 0.305 e. The van der Waals surface area contributed by atoms with Crippen molar-refractivity contribution in [3.8, 4) is 5.75 Å². The van der Waals surface area contributed by atoms with Gasteiger partial charge in [0.15, 0.2) is 0 Å². The Labute approximate surface area is 136 Å². The van der Waals surface area contributed by atoms with Gasteiger partial charge >= 0.3 is 5.97 Å². The molecule has 0 unspecified atom stereocenters. The second-order valence-electron chi connectivity index (χ2n) is 5.03. The normalized spacial score (nSPS) is 10.4. The number of carbonyl (C=O) groups is 1. The molecule has 21 heavy (non-hydrogen) atoms. The molecule has 0 aliphatic carbocycles. The summed E-state index contributed by atoms with van der Waals surface area (Å²) in [5.41, 5.74) is 1.15. The summed E-state index contributed by atoms with van der Waals surface area (Å²) >= 11 is 3.50. The molecule has 1 aromatic rings. The molecule has 0 atom stereocenters. The minimum atomic E-state index is -0.0778. The molecule has 0 saturated carbocycles. The lowest BCUT2D eigenvalue weighted by molar-refractivity contribution is -0.143. The molecular formula is C17H25BrO3. The highest BCUT2D eigenvalue weighted by atomic mass is 79.9. The van der Waals surface area contributed by atoms with E-state index >= 15 is 0 Å². The number of esters is 1. The zero-order chi connectivity index (χ0) is 15.5. The third-order valence-electron chi connectivity index (χ3n) is 3.31. The summed E-state index contributed by atoms with van der Waals surface area (Å²) in [5, 5.41) is 0. The van der Waals surface area contributed by atoms with Crippen LogP contribution in [0.5, 0.6) is 5.75 Å². The highest BCUT2D eigenvalue weighted by Gasteiger charge is 2.03. The van der Waals surface area contributed by atoms with Gasteiger partial charge in [0.05, 0.1) is 13.2 Å². The summed E-state index contributed by atoms with van der Waals surface area (Å²) in [6, 6.07) is 6.01. The smallest absolute Gasteiger partial charge is 0.305 e. The van der Waals surface area contributed by atoms with Crippen molar-refractivity contribution in [2.75, 3.05) is 13.2 Å². The zero-order valence-corrected chi connectivity index (χ0v) is 14.6. The van der Waals surface area contributed by atoms with E-state index in [9.17, 15) is 4.79 Å². The number of hydrogen-bond acceptors (Lipinski definition) is 3. The van der Waals surface area contributed by atoms with Crippen molar-refractivity contribution in [2.24, 2.45) is 0 Å². The fraction of sp³-hybridized carbons (Fsp3) is 0.588. The monoisotopic (exact) mass is 356 g/mol. The van der Waals surface area contributed by atoms with Crippen LogP contribution in [0.1, 0.15) is 51.0 Å². The van der Waals surface area contributed by atoms with Gasteiger partial charge in [-0.3, -0.25) is 4.79 Å². The lowest BCUT2D eigenvalue weighted by Gasteiger charge is -2.10. The van der Waals surface area contributed by atoms with Gasteiger partial charge in [0.25, 0.3) is 0 Å². The first-order valence-corrected chi connectivity index (χ1v) is 8.48. The number of benzene rings is 1. The van der Waals surface area contributed by atoms with Crippen LogP contribution in [0.15, 0.2) is 22.7 Å². The molecule has 0 N–H and O–H groups in total. The topological polar surface area (TPSA) is 35.5 Å². The van der Waals surface area contributed by atoms with Crippen LogP contribution in [0.25, 0.3) is 0 Å². The molecule has 0 bridgehead atoms. The first-order chi connectivity index (χ1) is 10.1. The molecule has 0 saturated heterocycles. The summed E-state index contributed by atoms with van der Waals surface area (Å²) in [6.45, 7) is 5.11. The van der Waals surface area contributed by atoms with Crippen LogP contribution in [0.3, 0.4) is 0 Å². The highest BCUT2D eigenvalue weighted by molar-refractivity contribution is 9.10. The molecule has 0 aliphatic heterocycles. The van der Waals surface area contributed by atoms with Gasteiger partial charge in [0.2, 0.25) is 0 Å². The third kappa shape index (κ3) is 7.51. The van der Waals surface area contributed by atoms with Gasteiger partial charge in [-0.15, -0.1) is 0 Å². The molecule has 118 valence electrons. The quantitative estimate of drug-likeness (QED) is 0.435. The predicted molar refractivity (Wildman–Crippen MR) is 88.7 cm³/mol. The van der Waals surface area contributed by atoms with Gasteiger partial charge in [-0.05, 0) is 38.8 Å². The van der Waals surface area contributed by atoms with Gasteiger partial charge in [-0.1, -0.05) is 41.3 Å². The zero-order valence-electron chi connectivity index (χ0n) is 13.0. The largest absolute Gasteiger partial charge is 0.493 e. The summed E-state index contributed by atoms with van der Waals surface area (Å²) < 4.78 is 11.8. The highest BCUT2D eigenvalue weighted by Crippen LogP contribution is 2.25. The minimum Gasteiger partial charge on any atom is -0.493 e. The van der Waals surface area contributed by atoms with Crippen LogP contribution in [0.4, 0.5) is 0 Å². The molecule has 0 heterocycles. The van der Waals surface area contributed by atoms with Crippen LogP contribution in [0, 0.1) is 6.92 Å². The lowest BCUT2D eigenvalue weighted by Crippen LogP contribution is -2.03. The van der Waals surface area contributed by atoms with Crippen LogP contribution >= 0.6 is 15.9 Å². The molecule has 0 spiro atoms. The molecule has 0 radical (unpaired) electrons. The summed E-state index contributed by atoms with van der Waals surface area (Å²) in [5.74, 6) is 0.873. The number of unbranched alkanes of at least 4 members (excludes halogenated alkanes) is 4. The Hall–Kier alpha value is -1.03. The van der Waals surface area contributed by atoms with Crippen LogP contribution in [-0.4, -0.2) is 19.2 Å². The molecule has 0 aliphatic rings. The van der Waals surface area contributed by atoms with Gasteiger partial charge in [0, 0.05) is 16.5 Å². The number of hydrogen-bond donors (Lipinski definition) is 0. The molecule has 4 heteroatoms. The second-order valence-corrected chi connectivity index (χ2v) is 5.89. The molecule has 0 amide bonds. The fourth-order valence-corrected chi connectivity index (χ4v) is 2.41. The third-order valence-corrected chi connectivity index (χ3v) is 4.17. The maximum atomic E-state index is 11.1. The van der Waals surface area contributed by atoms with Crippen LogP contribution < -0.4 is 4.74 Å². The Balaban J connectivity index is 2.02. The molecule has 1 rings (SSSR count). The summed E-state index contributed by atoms with van der Waals surface area (Å²) in [6.07, 6.45) is 5.86. The van der Waals surface area contributed by atoms with Crippen molar-refractivity contribution in [1.29, 1.82) is 0 Å². The number of ether oxygens (including phenoxy) is 2. The Morgan fingerprint density at radius 3 is 2.62 bits per heavy atom.